The second-order valence-electron chi connectivity index (χ2n) is 4.96. The highest BCUT2D eigenvalue weighted by atomic mass is 32.2. The van der Waals surface area contributed by atoms with Gasteiger partial charge in [0.1, 0.15) is 4.90 Å². The summed E-state index contributed by atoms with van der Waals surface area (Å²) >= 11 is 0. The zero-order valence-corrected chi connectivity index (χ0v) is 12.7. The molecule has 2 N–H and O–H groups in total. The molecule has 1 aromatic rings. The van der Waals surface area contributed by atoms with Gasteiger partial charge in [-0.3, -0.25) is 0 Å². The lowest BCUT2D eigenvalue weighted by Crippen LogP contribution is -2.38. The molecule has 0 bridgehead atoms. The highest BCUT2D eigenvalue weighted by molar-refractivity contribution is 7.89. The van der Waals surface area contributed by atoms with Gasteiger partial charge in [0.2, 0.25) is 10.0 Å². The van der Waals surface area contributed by atoms with Gasteiger partial charge in [-0.15, -0.1) is 0 Å². The van der Waals surface area contributed by atoms with Crippen molar-refractivity contribution in [3.63, 3.8) is 0 Å². The fourth-order valence-electron chi connectivity index (χ4n) is 1.84. The van der Waals surface area contributed by atoms with Crippen molar-refractivity contribution in [2.45, 2.75) is 38.1 Å². The predicted molar refractivity (Wildman–Crippen MR) is 72.6 cm³/mol. The number of carboxylic acids is 1. The third kappa shape index (κ3) is 3.98. The molecule has 1 atom stereocenters. The van der Waals surface area contributed by atoms with E-state index in [-0.39, 0.29) is 5.92 Å². The van der Waals surface area contributed by atoms with E-state index in [1.54, 1.807) is 20.8 Å². The number of carboxylic acid groups (broad SMARTS) is 1. The minimum atomic E-state index is -4.35. The number of hydrogen-bond acceptors (Lipinski definition) is 3. The van der Waals surface area contributed by atoms with Crippen molar-refractivity contribution in [3.05, 3.63) is 29.3 Å². The Morgan fingerprint density at radius 2 is 1.90 bits per heavy atom. The predicted octanol–water partition coefficient (Wildman–Crippen LogP) is 2.38. The van der Waals surface area contributed by atoms with Gasteiger partial charge in [0.15, 0.2) is 11.6 Å². The molecule has 118 valence electrons. The Hall–Kier alpha value is -1.54. The van der Waals surface area contributed by atoms with Crippen molar-refractivity contribution >= 4 is 16.0 Å². The van der Waals surface area contributed by atoms with Crippen LogP contribution >= 0.6 is 0 Å². The van der Waals surface area contributed by atoms with Crippen molar-refractivity contribution in [2.75, 3.05) is 0 Å². The van der Waals surface area contributed by atoms with Gasteiger partial charge < -0.3 is 5.11 Å². The fraction of sp³-hybridized carbons (Fsp3) is 0.462. The van der Waals surface area contributed by atoms with E-state index in [9.17, 15) is 22.0 Å². The molecule has 0 amide bonds. The fourth-order valence-corrected chi connectivity index (χ4v) is 3.42. The molecule has 21 heavy (non-hydrogen) atoms. The standard InChI is InChI=1S/C13H17F2NO4S/c1-4-10(7(2)3)16-21(19,20)11-6-8(13(17)18)5-9(14)12(11)15/h5-7,10,16H,4H2,1-3H3,(H,17,18). The van der Waals surface area contributed by atoms with Crippen LogP contribution in [0.2, 0.25) is 0 Å². The second kappa shape index (κ2) is 6.48. The molecule has 1 rings (SSSR count). The maximum atomic E-state index is 13.7. The van der Waals surface area contributed by atoms with Crippen LogP contribution in [0.1, 0.15) is 37.6 Å². The molecule has 0 aliphatic carbocycles. The van der Waals surface area contributed by atoms with Gasteiger partial charge in [-0.1, -0.05) is 20.8 Å². The lowest BCUT2D eigenvalue weighted by molar-refractivity contribution is 0.0696. The van der Waals surface area contributed by atoms with Gasteiger partial charge in [-0.2, -0.15) is 0 Å². The van der Waals surface area contributed by atoms with Gasteiger partial charge >= 0.3 is 5.97 Å². The maximum Gasteiger partial charge on any atom is 0.335 e. The lowest BCUT2D eigenvalue weighted by Gasteiger charge is -2.21. The van der Waals surface area contributed by atoms with E-state index < -0.39 is 44.1 Å². The summed E-state index contributed by atoms with van der Waals surface area (Å²) < 4.78 is 53.6. The molecule has 0 aromatic heterocycles. The molecule has 0 fully saturated rings. The zero-order chi connectivity index (χ0) is 16.4. The first-order chi connectivity index (χ1) is 9.60. The van der Waals surface area contributed by atoms with E-state index in [2.05, 4.69) is 4.72 Å². The SMILES string of the molecule is CCC(NS(=O)(=O)c1cc(C(=O)O)cc(F)c1F)C(C)C. The van der Waals surface area contributed by atoms with Gasteiger partial charge in [-0.25, -0.2) is 26.7 Å². The Labute approximate surface area is 122 Å². The normalized spacial score (nSPS) is 13.4. The van der Waals surface area contributed by atoms with Crippen molar-refractivity contribution < 1.29 is 27.1 Å². The Bertz CT molecular complexity index is 644. The molecular weight excluding hydrogens is 304 g/mol. The lowest BCUT2D eigenvalue weighted by atomic mass is 10.0. The Morgan fingerprint density at radius 1 is 1.33 bits per heavy atom. The molecule has 1 aromatic carbocycles. The molecular formula is C13H17F2NO4S. The molecule has 5 nitrogen and oxygen atoms in total. The van der Waals surface area contributed by atoms with Crippen LogP contribution in [-0.2, 0) is 10.0 Å². The van der Waals surface area contributed by atoms with Crippen molar-refractivity contribution in [3.8, 4) is 0 Å². The van der Waals surface area contributed by atoms with Crippen LogP contribution in [0, 0.1) is 17.6 Å². The van der Waals surface area contributed by atoms with E-state index >= 15 is 0 Å². The molecule has 0 saturated carbocycles. The number of nitrogens with one attached hydrogen (secondary N) is 1. The first-order valence-corrected chi connectivity index (χ1v) is 7.83. The monoisotopic (exact) mass is 321 g/mol. The number of benzene rings is 1. The Kier molecular flexibility index (Phi) is 5.41. The van der Waals surface area contributed by atoms with Gasteiger partial charge in [0, 0.05) is 6.04 Å². The largest absolute Gasteiger partial charge is 0.478 e. The van der Waals surface area contributed by atoms with E-state index in [4.69, 9.17) is 5.11 Å². The van der Waals surface area contributed by atoms with Gasteiger partial charge in [0.05, 0.1) is 5.56 Å². The first kappa shape index (κ1) is 17.5. The molecule has 0 spiro atoms. The smallest absolute Gasteiger partial charge is 0.335 e. The molecule has 0 aliphatic heterocycles. The summed E-state index contributed by atoms with van der Waals surface area (Å²) in [6.07, 6.45) is 0.458. The molecule has 0 saturated heterocycles. The number of rotatable bonds is 6. The van der Waals surface area contributed by atoms with Crippen LogP contribution < -0.4 is 4.72 Å². The number of aromatic carboxylic acids is 1. The summed E-state index contributed by atoms with van der Waals surface area (Å²) in [4.78, 5) is 9.82. The number of carbonyl (C=O) groups is 1. The summed E-state index contributed by atoms with van der Waals surface area (Å²) in [6, 6.07) is 0.581. The van der Waals surface area contributed by atoms with Crippen LogP contribution in [0.25, 0.3) is 0 Å². The van der Waals surface area contributed by atoms with E-state index in [0.29, 0.717) is 18.6 Å². The van der Waals surface area contributed by atoms with E-state index in [1.807, 2.05) is 0 Å². The molecule has 0 heterocycles. The average molecular weight is 321 g/mol. The van der Waals surface area contributed by atoms with Gasteiger partial charge in [0.25, 0.3) is 0 Å². The summed E-state index contributed by atoms with van der Waals surface area (Å²) in [5, 5.41) is 8.80. The molecule has 0 aliphatic rings. The molecule has 0 radical (unpaired) electrons. The summed E-state index contributed by atoms with van der Waals surface area (Å²) in [5.74, 6) is -4.71. The van der Waals surface area contributed by atoms with Crippen molar-refractivity contribution in [1.82, 2.24) is 4.72 Å². The summed E-state index contributed by atoms with van der Waals surface area (Å²) in [5.41, 5.74) is -0.633. The number of hydrogen-bond donors (Lipinski definition) is 2. The van der Waals surface area contributed by atoms with Crippen LogP contribution in [0.15, 0.2) is 17.0 Å². The van der Waals surface area contributed by atoms with Crippen LogP contribution in [0.5, 0.6) is 0 Å². The molecule has 8 heteroatoms. The summed E-state index contributed by atoms with van der Waals surface area (Å²) in [7, 11) is -4.35. The number of sulfonamides is 1. The number of halogens is 2. The maximum absolute atomic E-state index is 13.7. The minimum Gasteiger partial charge on any atom is -0.478 e. The first-order valence-electron chi connectivity index (χ1n) is 6.34. The minimum absolute atomic E-state index is 0.0552. The highest BCUT2D eigenvalue weighted by Crippen LogP contribution is 2.21. The van der Waals surface area contributed by atoms with E-state index in [1.165, 1.54) is 0 Å². The van der Waals surface area contributed by atoms with Gasteiger partial charge in [-0.05, 0) is 24.5 Å². The Balaban J connectivity index is 3.34. The third-order valence-electron chi connectivity index (χ3n) is 3.08. The second-order valence-corrected chi connectivity index (χ2v) is 6.64. The highest BCUT2D eigenvalue weighted by Gasteiger charge is 2.27. The summed E-state index contributed by atoms with van der Waals surface area (Å²) in [6.45, 7) is 5.31. The van der Waals surface area contributed by atoms with Crippen LogP contribution in [0.4, 0.5) is 8.78 Å². The molecule has 1 unspecified atom stereocenters. The Morgan fingerprint density at radius 3 is 2.33 bits per heavy atom. The topological polar surface area (TPSA) is 83.5 Å². The van der Waals surface area contributed by atoms with Crippen LogP contribution in [-0.4, -0.2) is 25.5 Å². The van der Waals surface area contributed by atoms with E-state index in [0.717, 1.165) is 0 Å². The zero-order valence-electron chi connectivity index (χ0n) is 11.9. The quantitative estimate of drug-likeness (QED) is 0.842. The van der Waals surface area contributed by atoms with Crippen molar-refractivity contribution in [2.24, 2.45) is 5.92 Å². The third-order valence-corrected chi connectivity index (χ3v) is 4.57. The van der Waals surface area contributed by atoms with Crippen LogP contribution in [0.3, 0.4) is 0 Å². The average Bonchev–Trinajstić information content (AvgIpc) is 2.38. The van der Waals surface area contributed by atoms with Crippen molar-refractivity contribution in [1.29, 1.82) is 0 Å².